The van der Waals surface area contributed by atoms with Crippen LogP contribution in [0.15, 0.2) is 0 Å². The topological polar surface area (TPSA) is 87.7 Å². The summed E-state index contributed by atoms with van der Waals surface area (Å²) in [5.41, 5.74) is -0.0948. The Morgan fingerprint density at radius 1 is 1.35 bits per heavy atom. The standard InChI is InChI=1S/C14H28N2O4/c1-6-10(2)11(12(17)18)16-13(19)15-9-14(3,4)7-8-20-5/h10-11H,6-9H2,1-5H3,(H,17,18)(H2,15,16,19)/t10-,11-/m0/s1. The second-order valence-electron chi connectivity index (χ2n) is 5.94. The van der Waals surface area contributed by atoms with Gasteiger partial charge in [-0.2, -0.15) is 0 Å². The van der Waals surface area contributed by atoms with Crippen LogP contribution in [0, 0.1) is 11.3 Å². The van der Waals surface area contributed by atoms with Crippen molar-refractivity contribution in [1.82, 2.24) is 10.6 Å². The third kappa shape index (κ3) is 7.33. The fourth-order valence-corrected chi connectivity index (χ4v) is 1.66. The number of ether oxygens (including phenoxy) is 1. The molecule has 6 heteroatoms. The molecule has 0 fully saturated rings. The van der Waals surface area contributed by atoms with Gasteiger partial charge in [0.1, 0.15) is 6.04 Å². The molecule has 0 saturated heterocycles. The van der Waals surface area contributed by atoms with E-state index in [4.69, 9.17) is 9.84 Å². The van der Waals surface area contributed by atoms with Gasteiger partial charge in [0.05, 0.1) is 0 Å². The van der Waals surface area contributed by atoms with Crippen molar-refractivity contribution in [1.29, 1.82) is 0 Å². The zero-order valence-corrected chi connectivity index (χ0v) is 13.2. The lowest BCUT2D eigenvalue weighted by Crippen LogP contribution is -2.50. The zero-order chi connectivity index (χ0) is 15.8. The Balaban J connectivity index is 4.30. The number of carbonyl (C=O) groups excluding carboxylic acids is 1. The number of amides is 2. The summed E-state index contributed by atoms with van der Waals surface area (Å²) < 4.78 is 5.02. The van der Waals surface area contributed by atoms with Crippen molar-refractivity contribution in [3.05, 3.63) is 0 Å². The smallest absolute Gasteiger partial charge is 0.326 e. The van der Waals surface area contributed by atoms with Crippen molar-refractivity contribution in [2.75, 3.05) is 20.3 Å². The molecule has 0 aromatic carbocycles. The van der Waals surface area contributed by atoms with E-state index in [2.05, 4.69) is 10.6 Å². The minimum Gasteiger partial charge on any atom is -0.480 e. The van der Waals surface area contributed by atoms with E-state index < -0.39 is 18.0 Å². The van der Waals surface area contributed by atoms with E-state index in [0.29, 0.717) is 19.6 Å². The Morgan fingerprint density at radius 3 is 2.40 bits per heavy atom. The van der Waals surface area contributed by atoms with Gasteiger partial charge in [0, 0.05) is 20.3 Å². The summed E-state index contributed by atoms with van der Waals surface area (Å²) in [5, 5.41) is 14.4. The summed E-state index contributed by atoms with van der Waals surface area (Å²) in [7, 11) is 1.64. The molecule has 0 heterocycles. The molecule has 20 heavy (non-hydrogen) atoms. The van der Waals surface area contributed by atoms with Gasteiger partial charge in [0.2, 0.25) is 0 Å². The maximum atomic E-state index is 11.8. The van der Waals surface area contributed by atoms with E-state index in [-0.39, 0.29) is 11.3 Å². The highest BCUT2D eigenvalue weighted by Gasteiger charge is 2.26. The fraction of sp³-hybridized carbons (Fsp3) is 0.857. The highest BCUT2D eigenvalue weighted by molar-refractivity contribution is 5.82. The number of methoxy groups -OCH3 is 1. The molecule has 6 nitrogen and oxygen atoms in total. The molecule has 0 aliphatic heterocycles. The summed E-state index contributed by atoms with van der Waals surface area (Å²) >= 11 is 0. The lowest BCUT2D eigenvalue weighted by molar-refractivity contribution is -0.140. The first-order chi connectivity index (χ1) is 9.23. The summed E-state index contributed by atoms with van der Waals surface area (Å²) in [5.74, 6) is -1.12. The fourth-order valence-electron chi connectivity index (χ4n) is 1.66. The summed E-state index contributed by atoms with van der Waals surface area (Å²) in [6.45, 7) is 8.84. The number of hydrogen-bond acceptors (Lipinski definition) is 3. The third-order valence-corrected chi connectivity index (χ3v) is 3.48. The Morgan fingerprint density at radius 2 is 1.95 bits per heavy atom. The SMILES string of the molecule is CC[C@H](C)[C@H](NC(=O)NCC(C)(C)CCOC)C(=O)O. The number of hydrogen-bond donors (Lipinski definition) is 3. The van der Waals surface area contributed by atoms with Crippen molar-refractivity contribution in [3.8, 4) is 0 Å². The molecule has 0 radical (unpaired) electrons. The summed E-state index contributed by atoms with van der Waals surface area (Å²) in [6, 6.07) is -1.30. The average Bonchev–Trinajstić information content (AvgIpc) is 2.39. The minimum absolute atomic E-state index is 0.0948. The number of carbonyl (C=O) groups is 2. The first kappa shape index (κ1) is 18.7. The minimum atomic E-state index is -1.01. The van der Waals surface area contributed by atoms with Crippen LogP contribution in [0.25, 0.3) is 0 Å². The molecule has 0 aromatic rings. The van der Waals surface area contributed by atoms with E-state index in [1.54, 1.807) is 7.11 Å². The van der Waals surface area contributed by atoms with E-state index in [0.717, 1.165) is 6.42 Å². The number of rotatable bonds is 9. The van der Waals surface area contributed by atoms with E-state index in [1.807, 2.05) is 27.7 Å². The molecule has 2 amide bonds. The maximum Gasteiger partial charge on any atom is 0.326 e. The van der Waals surface area contributed by atoms with Crippen molar-refractivity contribution >= 4 is 12.0 Å². The van der Waals surface area contributed by atoms with Gasteiger partial charge in [-0.3, -0.25) is 0 Å². The van der Waals surface area contributed by atoms with Gasteiger partial charge < -0.3 is 20.5 Å². The number of urea groups is 1. The molecule has 0 rings (SSSR count). The van der Waals surface area contributed by atoms with Gasteiger partial charge >= 0.3 is 12.0 Å². The van der Waals surface area contributed by atoms with Crippen molar-refractivity contribution in [2.45, 2.75) is 46.6 Å². The van der Waals surface area contributed by atoms with Crippen LogP contribution in [0.1, 0.15) is 40.5 Å². The molecule has 0 spiro atoms. The first-order valence-electron chi connectivity index (χ1n) is 6.99. The maximum absolute atomic E-state index is 11.8. The molecule has 0 aromatic heterocycles. The van der Waals surface area contributed by atoms with Crippen LogP contribution < -0.4 is 10.6 Å². The second-order valence-corrected chi connectivity index (χ2v) is 5.94. The monoisotopic (exact) mass is 288 g/mol. The van der Waals surface area contributed by atoms with Crippen molar-refractivity contribution in [2.24, 2.45) is 11.3 Å². The number of carboxylic acid groups (broad SMARTS) is 1. The largest absolute Gasteiger partial charge is 0.480 e. The number of nitrogens with one attached hydrogen (secondary N) is 2. The molecule has 2 atom stereocenters. The van der Waals surface area contributed by atoms with Crippen LogP contribution in [-0.4, -0.2) is 43.4 Å². The van der Waals surface area contributed by atoms with Crippen LogP contribution in [-0.2, 0) is 9.53 Å². The third-order valence-electron chi connectivity index (χ3n) is 3.48. The molecule has 0 saturated carbocycles. The number of carboxylic acids is 1. The Kier molecular flexibility index (Phi) is 8.22. The van der Waals surface area contributed by atoms with Gasteiger partial charge in [0.25, 0.3) is 0 Å². The van der Waals surface area contributed by atoms with Gasteiger partial charge in [-0.25, -0.2) is 9.59 Å². The van der Waals surface area contributed by atoms with Crippen molar-refractivity contribution < 1.29 is 19.4 Å². The molecular formula is C14H28N2O4. The molecule has 118 valence electrons. The summed E-state index contributed by atoms with van der Waals surface area (Å²) in [6.07, 6.45) is 1.51. The molecule has 3 N–H and O–H groups in total. The predicted octanol–water partition coefficient (Wildman–Crippen LogP) is 1.85. The molecule has 0 aliphatic carbocycles. The van der Waals surface area contributed by atoms with Gasteiger partial charge in [-0.15, -0.1) is 0 Å². The van der Waals surface area contributed by atoms with Crippen LogP contribution >= 0.6 is 0 Å². The van der Waals surface area contributed by atoms with Gasteiger partial charge in [0.15, 0.2) is 0 Å². The predicted molar refractivity (Wildman–Crippen MR) is 77.7 cm³/mol. The highest BCUT2D eigenvalue weighted by Crippen LogP contribution is 2.18. The number of aliphatic carboxylic acids is 1. The van der Waals surface area contributed by atoms with E-state index >= 15 is 0 Å². The van der Waals surface area contributed by atoms with Crippen LogP contribution in [0.5, 0.6) is 0 Å². The van der Waals surface area contributed by atoms with Gasteiger partial charge in [-0.05, 0) is 17.8 Å². The van der Waals surface area contributed by atoms with E-state index in [9.17, 15) is 9.59 Å². The van der Waals surface area contributed by atoms with E-state index in [1.165, 1.54) is 0 Å². The highest BCUT2D eigenvalue weighted by atomic mass is 16.5. The average molecular weight is 288 g/mol. The van der Waals surface area contributed by atoms with Crippen molar-refractivity contribution in [3.63, 3.8) is 0 Å². The summed E-state index contributed by atoms with van der Waals surface area (Å²) in [4.78, 5) is 22.9. The molecular weight excluding hydrogens is 260 g/mol. The molecule has 0 aliphatic rings. The Bertz CT molecular complexity index is 318. The zero-order valence-electron chi connectivity index (χ0n) is 13.2. The second kappa shape index (κ2) is 8.79. The van der Waals surface area contributed by atoms with Crippen LogP contribution in [0.3, 0.4) is 0 Å². The van der Waals surface area contributed by atoms with Crippen LogP contribution in [0.4, 0.5) is 4.79 Å². The lowest BCUT2D eigenvalue weighted by atomic mass is 9.90. The Labute approximate surface area is 121 Å². The molecule has 0 bridgehead atoms. The quantitative estimate of drug-likeness (QED) is 0.604. The normalized spacial score (nSPS) is 14.4. The van der Waals surface area contributed by atoms with Gasteiger partial charge in [-0.1, -0.05) is 34.1 Å². The lowest BCUT2D eigenvalue weighted by Gasteiger charge is -2.26. The first-order valence-corrected chi connectivity index (χ1v) is 6.99. The molecule has 0 unspecified atom stereocenters. The Hall–Kier alpha value is -1.30. The van der Waals surface area contributed by atoms with Crippen LogP contribution in [0.2, 0.25) is 0 Å².